The Morgan fingerprint density at radius 2 is 2.27 bits per heavy atom. The van der Waals surface area contributed by atoms with Crippen molar-refractivity contribution < 1.29 is 4.79 Å². The lowest BCUT2D eigenvalue weighted by Gasteiger charge is -2.34. The predicted molar refractivity (Wildman–Crippen MR) is 107 cm³/mol. The van der Waals surface area contributed by atoms with E-state index in [0.29, 0.717) is 32.7 Å². The molecule has 0 radical (unpaired) electrons. The van der Waals surface area contributed by atoms with Crippen LogP contribution in [0.1, 0.15) is 33.1 Å². The predicted octanol–water partition coefficient (Wildman–Crippen LogP) is 3.12. The Kier molecular flexibility index (Phi) is 5.72. The molecule has 2 aromatic heterocycles. The molecule has 3 atom stereocenters. The molecule has 3 rings (SSSR count). The van der Waals surface area contributed by atoms with Crippen LogP contribution in [0.3, 0.4) is 0 Å². The van der Waals surface area contributed by atoms with Crippen LogP contribution in [-0.4, -0.2) is 26.1 Å². The summed E-state index contributed by atoms with van der Waals surface area (Å²) in [4.78, 5) is 29.5. The third kappa shape index (κ3) is 3.66. The first kappa shape index (κ1) is 19.0. The number of nitrogens with zero attached hydrogens (tertiary/aromatic N) is 3. The number of hydrogen-bond acceptors (Lipinski definition) is 5. The third-order valence-corrected chi connectivity index (χ3v) is 6.75. The lowest BCUT2D eigenvalue weighted by atomic mass is 9.78. The molecule has 1 fully saturated rings. The van der Waals surface area contributed by atoms with E-state index in [1.165, 1.54) is 28.7 Å². The molecule has 1 saturated carbocycles. The van der Waals surface area contributed by atoms with Gasteiger partial charge < -0.3 is 9.88 Å². The fraction of sp³-hybridized carbons (Fsp3) is 0.556. The highest BCUT2D eigenvalue weighted by atomic mass is 32.1. The maximum absolute atomic E-state index is 12.7. The van der Waals surface area contributed by atoms with E-state index in [2.05, 4.69) is 30.7 Å². The van der Waals surface area contributed by atoms with E-state index in [-0.39, 0.29) is 24.1 Å². The normalized spacial score (nSPS) is 23.1. The Labute approximate surface area is 161 Å². The summed E-state index contributed by atoms with van der Waals surface area (Å²) in [5, 5.41) is 3.10. The molecule has 1 aliphatic rings. The second-order valence-corrected chi connectivity index (χ2v) is 8.68. The van der Waals surface area contributed by atoms with E-state index in [1.54, 1.807) is 10.6 Å². The highest BCUT2D eigenvalue weighted by Gasteiger charge is 2.28. The van der Waals surface area contributed by atoms with Gasteiger partial charge in [-0.1, -0.05) is 44.1 Å². The van der Waals surface area contributed by atoms with Gasteiger partial charge in [-0.3, -0.25) is 14.2 Å². The summed E-state index contributed by atoms with van der Waals surface area (Å²) >= 11 is 6.53. The lowest BCUT2D eigenvalue weighted by molar-refractivity contribution is -0.123. The summed E-state index contributed by atoms with van der Waals surface area (Å²) < 4.78 is 4.20. The Hall–Kier alpha value is -1.80. The topological polar surface area (TPSA) is 68.9 Å². The van der Waals surface area contributed by atoms with Crippen LogP contribution in [0.15, 0.2) is 23.8 Å². The molecule has 2 aromatic rings. The lowest BCUT2D eigenvalue weighted by Crippen LogP contribution is -2.45. The monoisotopic (exact) mass is 392 g/mol. The summed E-state index contributed by atoms with van der Waals surface area (Å²) in [5.74, 6) is 0.906. The Balaban J connectivity index is 1.79. The number of fused-ring (bicyclic) bond motifs is 1. The Morgan fingerprint density at radius 1 is 1.50 bits per heavy atom. The molecule has 140 valence electrons. The molecule has 6 nitrogen and oxygen atoms in total. The molecule has 0 spiro atoms. The zero-order valence-corrected chi connectivity index (χ0v) is 16.7. The van der Waals surface area contributed by atoms with Crippen molar-refractivity contribution >= 4 is 39.8 Å². The van der Waals surface area contributed by atoms with E-state index in [0.717, 1.165) is 12.8 Å². The van der Waals surface area contributed by atoms with Crippen molar-refractivity contribution in [3.05, 3.63) is 33.3 Å². The van der Waals surface area contributed by atoms with Crippen molar-refractivity contribution in [1.82, 2.24) is 19.4 Å². The van der Waals surface area contributed by atoms with Gasteiger partial charge in [-0.2, -0.15) is 0 Å². The first-order valence-electron chi connectivity index (χ1n) is 8.91. The number of hydrogen-bond donors (Lipinski definition) is 1. The van der Waals surface area contributed by atoms with Gasteiger partial charge in [0.25, 0.3) is 5.56 Å². The maximum atomic E-state index is 12.7. The zero-order chi connectivity index (χ0) is 18.8. The van der Waals surface area contributed by atoms with Crippen LogP contribution in [0.4, 0.5) is 0 Å². The minimum atomic E-state index is -0.228. The van der Waals surface area contributed by atoms with Crippen molar-refractivity contribution in [3.63, 3.8) is 0 Å². The molecule has 8 heteroatoms. The highest BCUT2D eigenvalue weighted by Crippen LogP contribution is 2.29. The minimum Gasteiger partial charge on any atom is -0.352 e. The Morgan fingerprint density at radius 3 is 3.00 bits per heavy atom. The fourth-order valence-electron chi connectivity index (χ4n) is 3.57. The Bertz CT molecular complexity index is 943. The molecule has 0 saturated heterocycles. The number of nitrogens with one attached hydrogen (secondary N) is 1. The number of amides is 1. The van der Waals surface area contributed by atoms with E-state index < -0.39 is 0 Å². The van der Waals surface area contributed by atoms with Gasteiger partial charge in [0.15, 0.2) is 9.60 Å². The third-order valence-electron chi connectivity index (χ3n) is 5.32. The van der Waals surface area contributed by atoms with Crippen LogP contribution in [-0.2, 0) is 17.9 Å². The number of carbonyl (C=O) groups excluding carboxylic acids is 1. The van der Waals surface area contributed by atoms with E-state index >= 15 is 0 Å². The van der Waals surface area contributed by atoms with Gasteiger partial charge in [0, 0.05) is 12.6 Å². The maximum Gasteiger partial charge on any atom is 0.273 e. The average molecular weight is 393 g/mol. The smallest absolute Gasteiger partial charge is 0.273 e. The highest BCUT2D eigenvalue weighted by molar-refractivity contribution is 7.73. The quantitative estimate of drug-likeness (QED) is 0.627. The molecule has 1 N–H and O–H groups in total. The first-order valence-corrected chi connectivity index (χ1v) is 10.1. The van der Waals surface area contributed by atoms with Crippen molar-refractivity contribution in [1.29, 1.82) is 0 Å². The number of carbonyl (C=O) groups is 1. The van der Waals surface area contributed by atoms with Crippen LogP contribution in [0.2, 0.25) is 0 Å². The molecular weight excluding hydrogens is 368 g/mol. The summed E-state index contributed by atoms with van der Waals surface area (Å²) in [7, 11) is 0. The van der Waals surface area contributed by atoms with Gasteiger partial charge in [-0.15, -0.1) is 6.58 Å². The second kappa shape index (κ2) is 7.84. The van der Waals surface area contributed by atoms with Gasteiger partial charge in [0.05, 0.1) is 0 Å². The average Bonchev–Trinajstić information content (AvgIpc) is 2.92. The number of aromatic nitrogens is 3. The van der Waals surface area contributed by atoms with E-state index in [4.69, 9.17) is 12.2 Å². The van der Waals surface area contributed by atoms with Gasteiger partial charge in [-0.05, 0) is 30.5 Å². The van der Waals surface area contributed by atoms with Gasteiger partial charge in [-0.25, -0.2) is 4.98 Å². The van der Waals surface area contributed by atoms with Crippen LogP contribution in [0.5, 0.6) is 0 Å². The second-order valence-electron chi connectivity index (χ2n) is 7.04. The molecule has 1 aliphatic carbocycles. The molecule has 0 bridgehead atoms. The summed E-state index contributed by atoms with van der Waals surface area (Å²) in [6.45, 7) is 8.60. The molecule has 2 heterocycles. The standard InChI is InChI=1S/C18H24N4O2S2/c1-4-8-22-16-15(26-18(22)25)17(24)21(10-19-16)9-14(23)20-13-7-5-6-11(2)12(13)3/h4,10-13H,1,5-9H2,2-3H3,(H,20,23). The van der Waals surface area contributed by atoms with Crippen LogP contribution < -0.4 is 10.9 Å². The van der Waals surface area contributed by atoms with Gasteiger partial charge in [0.2, 0.25) is 5.91 Å². The van der Waals surface area contributed by atoms with Crippen LogP contribution in [0, 0.1) is 15.8 Å². The summed E-state index contributed by atoms with van der Waals surface area (Å²) in [6, 6.07) is 0.175. The van der Waals surface area contributed by atoms with Crippen molar-refractivity contribution in [2.75, 3.05) is 0 Å². The molecule has 3 unspecified atom stereocenters. The molecular formula is C18H24N4O2S2. The number of rotatable bonds is 5. The van der Waals surface area contributed by atoms with Crippen LogP contribution in [0.25, 0.3) is 10.3 Å². The summed E-state index contributed by atoms with van der Waals surface area (Å²) in [6.07, 6.45) is 6.48. The fourth-order valence-corrected chi connectivity index (χ4v) is 4.88. The van der Waals surface area contributed by atoms with Gasteiger partial charge >= 0.3 is 0 Å². The number of allylic oxidation sites excluding steroid dienone is 1. The number of thiazole rings is 1. The van der Waals surface area contributed by atoms with Crippen LogP contribution >= 0.6 is 23.6 Å². The van der Waals surface area contributed by atoms with Crippen molar-refractivity contribution in [2.24, 2.45) is 11.8 Å². The molecule has 0 aliphatic heterocycles. The minimum absolute atomic E-state index is 0.0223. The van der Waals surface area contributed by atoms with E-state index in [1.807, 2.05) is 0 Å². The largest absolute Gasteiger partial charge is 0.352 e. The molecule has 26 heavy (non-hydrogen) atoms. The molecule has 0 aromatic carbocycles. The van der Waals surface area contributed by atoms with Crippen molar-refractivity contribution in [2.45, 2.75) is 52.2 Å². The first-order chi connectivity index (χ1) is 12.4. The van der Waals surface area contributed by atoms with E-state index in [9.17, 15) is 9.59 Å². The zero-order valence-electron chi connectivity index (χ0n) is 15.1. The summed E-state index contributed by atoms with van der Waals surface area (Å²) in [5.41, 5.74) is 0.324. The SMILES string of the molecule is C=CCn1c(=S)sc2c(=O)n(CC(=O)NC3CCCC(C)C3C)cnc21. The van der Waals surface area contributed by atoms with Crippen molar-refractivity contribution in [3.8, 4) is 0 Å². The molecule has 1 amide bonds. The van der Waals surface area contributed by atoms with Gasteiger partial charge in [0.1, 0.15) is 17.6 Å².